The molecule has 0 aromatic heterocycles. The monoisotopic (exact) mass is 271 g/mol. The zero-order valence-corrected chi connectivity index (χ0v) is 11.0. The summed E-state index contributed by atoms with van der Waals surface area (Å²) >= 11 is 0. The van der Waals surface area contributed by atoms with Gasteiger partial charge in [-0.3, -0.25) is 4.79 Å². The number of ketones is 1. The first kappa shape index (κ1) is 15.3. The lowest BCUT2D eigenvalue weighted by molar-refractivity contribution is -0.165. The normalized spacial score (nSPS) is 13.3. The molecule has 0 aliphatic carbocycles. The number of hydrogen-bond acceptors (Lipinski definition) is 2. The Bertz CT molecular complexity index is 470. The lowest BCUT2D eigenvalue weighted by Gasteiger charge is -2.24. The van der Waals surface area contributed by atoms with Crippen LogP contribution in [0.1, 0.15) is 20.8 Å². The number of nitrogens with one attached hydrogen (secondary N) is 1. The SMILES string of the molecule is CC(C)(C)/C(=C\C(=O)C(F)(F)F)Nc1ccccc1. The molecule has 104 valence electrons. The molecule has 1 N–H and O–H groups in total. The van der Waals surface area contributed by atoms with E-state index in [4.69, 9.17) is 0 Å². The van der Waals surface area contributed by atoms with Crippen LogP contribution in [0.3, 0.4) is 0 Å². The van der Waals surface area contributed by atoms with E-state index in [0.29, 0.717) is 11.8 Å². The predicted molar refractivity (Wildman–Crippen MR) is 68.7 cm³/mol. The Kier molecular flexibility index (Phi) is 4.39. The van der Waals surface area contributed by atoms with E-state index in [2.05, 4.69) is 5.32 Å². The summed E-state index contributed by atoms with van der Waals surface area (Å²) in [4.78, 5) is 11.1. The van der Waals surface area contributed by atoms with E-state index in [0.717, 1.165) is 0 Å². The second-order valence-electron chi connectivity index (χ2n) is 5.16. The smallest absolute Gasteiger partial charge is 0.358 e. The topological polar surface area (TPSA) is 29.1 Å². The van der Waals surface area contributed by atoms with Gasteiger partial charge in [-0.15, -0.1) is 0 Å². The van der Waals surface area contributed by atoms with Crippen LogP contribution in [0.5, 0.6) is 0 Å². The number of alkyl halides is 3. The van der Waals surface area contributed by atoms with Crippen LogP contribution in [0, 0.1) is 5.41 Å². The van der Waals surface area contributed by atoms with Gasteiger partial charge >= 0.3 is 6.18 Å². The second-order valence-corrected chi connectivity index (χ2v) is 5.16. The van der Waals surface area contributed by atoms with Gasteiger partial charge in [0.05, 0.1) is 0 Å². The predicted octanol–water partition coefficient (Wildman–Crippen LogP) is 4.16. The van der Waals surface area contributed by atoms with E-state index in [1.165, 1.54) is 0 Å². The number of halogens is 3. The van der Waals surface area contributed by atoms with Gasteiger partial charge in [0.2, 0.25) is 0 Å². The van der Waals surface area contributed by atoms with E-state index in [9.17, 15) is 18.0 Å². The minimum absolute atomic E-state index is 0.223. The molecule has 2 nitrogen and oxygen atoms in total. The van der Waals surface area contributed by atoms with Crippen LogP contribution in [-0.2, 0) is 4.79 Å². The van der Waals surface area contributed by atoms with Crippen molar-refractivity contribution in [3.8, 4) is 0 Å². The summed E-state index contributed by atoms with van der Waals surface area (Å²) in [6.07, 6.45) is -4.23. The fourth-order valence-electron chi connectivity index (χ4n) is 1.33. The molecule has 1 rings (SSSR count). The van der Waals surface area contributed by atoms with Crippen molar-refractivity contribution >= 4 is 11.5 Å². The van der Waals surface area contributed by atoms with E-state index in [-0.39, 0.29) is 5.70 Å². The quantitative estimate of drug-likeness (QED) is 0.836. The van der Waals surface area contributed by atoms with Crippen molar-refractivity contribution in [2.24, 2.45) is 5.41 Å². The molecule has 0 saturated carbocycles. The molecule has 0 heterocycles. The molecule has 5 heteroatoms. The summed E-state index contributed by atoms with van der Waals surface area (Å²) < 4.78 is 36.9. The van der Waals surface area contributed by atoms with Gasteiger partial charge in [0.15, 0.2) is 0 Å². The van der Waals surface area contributed by atoms with Crippen LogP contribution in [0.15, 0.2) is 42.1 Å². The maximum Gasteiger partial charge on any atom is 0.454 e. The number of para-hydroxylation sites is 1. The molecular weight excluding hydrogens is 255 g/mol. The number of carbonyl (C=O) groups excluding carboxylic acids is 1. The Labute approximate surface area is 110 Å². The summed E-state index contributed by atoms with van der Waals surface area (Å²) in [6, 6.07) is 8.75. The summed E-state index contributed by atoms with van der Waals surface area (Å²) in [5.41, 5.74) is 0.260. The van der Waals surface area contributed by atoms with Crippen molar-refractivity contribution in [1.29, 1.82) is 0 Å². The molecule has 0 aliphatic heterocycles. The largest absolute Gasteiger partial charge is 0.454 e. The first-order valence-corrected chi connectivity index (χ1v) is 5.76. The van der Waals surface area contributed by atoms with E-state index >= 15 is 0 Å². The highest BCUT2D eigenvalue weighted by molar-refractivity contribution is 5.95. The van der Waals surface area contributed by atoms with Crippen LogP contribution in [0.2, 0.25) is 0 Å². The van der Waals surface area contributed by atoms with Gasteiger partial charge in [-0.25, -0.2) is 0 Å². The van der Waals surface area contributed by atoms with Gasteiger partial charge in [-0.1, -0.05) is 39.0 Å². The van der Waals surface area contributed by atoms with Crippen LogP contribution in [0.4, 0.5) is 18.9 Å². The van der Waals surface area contributed by atoms with E-state index in [1.807, 2.05) is 0 Å². The van der Waals surface area contributed by atoms with E-state index < -0.39 is 17.4 Å². The van der Waals surface area contributed by atoms with Crippen LogP contribution < -0.4 is 5.32 Å². The highest BCUT2D eigenvalue weighted by Gasteiger charge is 2.37. The third kappa shape index (κ3) is 4.77. The van der Waals surface area contributed by atoms with Crippen molar-refractivity contribution in [3.63, 3.8) is 0 Å². The molecule has 0 atom stereocenters. The van der Waals surface area contributed by atoms with Crippen molar-refractivity contribution in [3.05, 3.63) is 42.1 Å². The summed E-state index contributed by atoms with van der Waals surface area (Å²) in [7, 11) is 0. The number of allylic oxidation sites excluding steroid dienone is 2. The average molecular weight is 271 g/mol. The van der Waals surface area contributed by atoms with Crippen molar-refractivity contribution in [1.82, 2.24) is 0 Å². The Morgan fingerprint density at radius 3 is 2.05 bits per heavy atom. The number of anilines is 1. The molecule has 19 heavy (non-hydrogen) atoms. The molecule has 0 aliphatic rings. The molecule has 0 fully saturated rings. The van der Waals surface area contributed by atoms with Gasteiger partial charge in [-0.2, -0.15) is 13.2 Å². The number of hydrogen-bond donors (Lipinski definition) is 1. The first-order chi connectivity index (χ1) is 8.60. The van der Waals surface area contributed by atoms with Gasteiger partial charge in [0.1, 0.15) is 0 Å². The number of rotatable bonds is 3. The zero-order chi connectivity index (χ0) is 14.7. The molecular formula is C14H16F3NO. The van der Waals surface area contributed by atoms with Crippen LogP contribution in [-0.4, -0.2) is 12.0 Å². The maximum absolute atomic E-state index is 12.3. The molecule has 1 aromatic carbocycles. The minimum atomic E-state index is -4.85. The van der Waals surface area contributed by atoms with Crippen LogP contribution in [0.25, 0.3) is 0 Å². The third-order valence-electron chi connectivity index (χ3n) is 2.42. The summed E-state index contributed by atoms with van der Waals surface area (Å²) in [5, 5.41) is 2.86. The summed E-state index contributed by atoms with van der Waals surface area (Å²) in [5.74, 6) is -1.86. The molecule has 0 saturated heterocycles. The molecule has 0 radical (unpaired) electrons. The fourth-order valence-corrected chi connectivity index (χ4v) is 1.33. The maximum atomic E-state index is 12.3. The minimum Gasteiger partial charge on any atom is -0.358 e. The number of benzene rings is 1. The van der Waals surface area contributed by atoms with E-state index in [1.54, 1.807) is 51.1 Å². The average Bonchev–Trinajstić information content (AvgIpc) is 2.27. The Morgan fingerprint density at radius 2 is 1.63 bits per heavy atom. The lowest BCUT2D eigenvalue weighted by atomic mass is 9.90. The molecule has 0 spiro atoms. The van der Waals surface area contributed by atoms with Gasteiger partial charge in [0, 0.05) is 22.9 Å². The van der Waals surface area contributed by atoms with Crippen molar-refractivity contribution < 1.29 is 18.0 Å². The standard InChI is InChI=1S/C14H16F3NO/c1-13(2,3)11(9-12(19)14(15,16)17)18-10-7-5-4-6-8-10/h4-9,18H,1-3H3/b11-9+. The van der Waals surface area contributed by atoms with Gasteiger partial charge < -0.3 is 5.32 Å². The highest BCUT2D eigenvalue weighted by Crippen LogP contribution is 2.28. The molecule has 0 unspecified atom stereocenters. The Balaban J connectivity index is 3.04. The van der Waals surface area contributed by atoms with Crippen molar-refractivity contribution in [2.45, 2.75) is 26.9 Å². The number of carbonyl (C=O) groups is 1. The lowest BCUT2D eigenvalue weighted by Crippen LogP contribution is -2.25. The Morgan fingerprint density at radius 1 is 1.11 bits per heavy atom. The van der Waals surface area contributed by atoms with Crippen molar-refractivity contribution in [2.75, 3.05) is 5.32 Å². The molecule has 0 bridgehead atoms. The molecule has 1 aromatic rings. The summed E-state index contributed by atoms with van der Waals surface area (Å²) in [6.45, 7) is 5.20. The highest BCUT2D eigenvalue weighted by atomic mass is 19.4. The zero-order valence-electron chi connectivity index (χ0n) is 11.0. The second kappa shape index (κ2) is 5.47. The van der Waals surface area contributed by atoms with Crippen LogP contribution >= 0.6 is 0 Å². The first-order valence-electron chi connectivity index (χ1n) is 5.76. The molecule has 0 amide bonds. The van der Waals surface area contributed by atoms with Gasteiger partial charge in [0.25, 0.3) is 5.78 Å². The van der Waals surface area contributed by atoms with Gasteiger partial charge in [-0.05, 0) is 12.1 Å². The third-order valence-corrected chi connectivity index (χ3v) is 2.42. The Hall–Kier alpha value is -1.78. The fraction of sp³-hybridized carbons (Fsp3) is 0.357.